The maximum atomic E-state index is 13.7. The van der Waals surface area contributed by atoms with Gasteiger partial charge in [-0.15, -0.1) is 0 Å². The van der Waals surface area contributed by atoms with E-state index in [9.17, 15) is 24.1 Å². The van der Waals surface area contributed by atoms with Crippen LogP contribution in [0.4, 0.5) is 4.79 Å². The number of ether oxygens (including phenoxy) is 1. The zero-order valence-electron chi connectivity index (χ0n) is 23.8. The van der Waals surface area contributed by atoms with E-state index in [2.05, 4.69) is 16.0 Å². The van der Waals surface area contributed by atoms with Crippen LogP contribution in [0.15, 0.2) is 24.3 Å². The van der Waals surface area contributed by atoms with Gasteiger partial charge in [0.2, 0.25) is 11.8 Å². The fraction of sp³-hybridized carbons (Fsp3) is 0.679. The number of amides is 3. The van der Waals surface area contributed by atoms with E-state index in [0.29, 0.717) is 30.0 Å². The summed E-state index contributed by atoms with van der Waals surface area (Å²) >= 11 is 6.02. The summed E-state index contributed by atoms with van der Waals surface area (Å²) in [5, 5.41) is 19.9. The molecule has 2 fully saturated rings. The summed E-state index contributed by atoms with van der Waals surface area (Å²) in [4.78, 5) is 38.9. The summed E-state index contributed by atoms with van der Waals surface area (Å²) in [6, 6.07) is 4.81. The SMILES string of the molecule is CCOP(=O)(OCC)C(O)[C@H](C[C@@H]1CCNC1=O)NC(=O)[C@H](CC1CCCCC1)NC(=O)OCc1cccc(Cl)c1. The van der Waals surface area contributed by atoms with Crippen LogP contribution in [0.1, 0.15) is 70.8 Å². The molecule has 1 unspecified atom stereocenters. The highest BCUT2D eigenvalue weighted by Gasteiger charge is 2.43. The monoisotopic (exact) mass is 615 g/mol. The van der Waals surface area contributed by atoms with Gasteiger partial charge in [0.15, 0.2) is 5.85 Å². The minimum Gasteiger partial charge on any atom is -0.445 e. The number of hydrogen-bond acceptors (Lipinski definition) is 8. The van der Waals surface area contributed by atoms with E-state index in [0.717, 1.165) is 32.1 Å². The number of hydrogen-bond donors (Lipinski definition) is 4. The van der Waals surface area contributed by atoms with Crippen molar-refractivity contribution in [2.45, 2.75) is 89.7 Å². The lowest BCUT2D eigenvalue weighted by Gasteiger charge is -2.32. The summed E-state index contributed by atoms with van der Waals surface area (Å²) in [5.41, 5.74) is 0.696. The Morgan fingerprint density at radius 2 is 1.80 bits per heavy atom. The van der Waals surface area contributed by atoms with Gasteiger partial charge in [0, 0.05) is 17.5 Å². The smallest absolute Gasteiger partial charge is 0.408 e. The Morgan fingerprint density at radius 1 is 1.10 bits per heavy atom. The molecule has 1 aromatic carbocycles. The highest BCUT2D eigenvalue weighted by Crippen LogP contribution is 2.53. The minimum atomic E-state index is -4.05. The number of nitrogens with one attached hydrogen (secondary N) is 3. The molecule has 3 amide bonds. The molecule has 1 aliphatic heterocycles. The van der Waals surface area contributed by atoms with Crippen LogP contribution in [0.25, 0.3) is 0 Å². The lowest BCUT2D eigenvalue weighted by Crippen LogP contribution is -2.54. The first-order valence-corrected chi connectivity index (χ1v) is 16.5. The number of alkyl carbamates (subject to hydrolysis) is 1. The molecular weight excluding hydrogens is 573 g/mol. The van der Waals surface area contributed by atoms with Crippen LogP contribution in [0.3, 0.4) is 0 Å². The molecular formula is C28H43ClN3O8P. The van der Waals surface area contributed by atoms with Gasteiger partial charge in [0.05, 0.1) is 19.3 Å². The third kappa shape index (κ3) is 10.3. The predicted molar refractivity (Wildman–Crippen MR) is 154 cm³/mol. The molecule has 0 aromatic heterocycles. The van der Waals surface area contributed by atoms with Crippen LogP contribution >= 0.6 is 19.2 Å². The quantitative estimate of drug-likeness (QED) is 0.211. The molecule has 1 saturated heterocycles. The fourth-order valence-corrected chi connectivity index (χ4v) is 7.38. The second-order valence-corrected chi connectivity index (χ2v) is 13.1. The molecule has 0 spiro atoms. The van der Waals surface area contributed by atoms with Crippen LogP contribution in [-0.4, -0.2) is 60.7 Å². The van der Waals surface area contributed by atoms with Crippen molar-refractivity contribution in [2.24, 2.45) is 11.8 Å². The van der Waals surface area contributed by atoms with Crippen LogP contribution < -0.4 is 16.0 Å². The summed E-state index contributed by atoms with van der Waals surface area (Å²) in [6.45, 7) is 3.71. The van der Waals surface area contributed by atoms with Gasteiger partial charge in [-0.3, -0.25) is 14.2 Å². The largest absolute Gasteiger partial charge is 0.445 e. The molecule has 11 nitrogen and oxygen atoms in total. The lowest BCUT2D eigenvalue weighted by atomic mass is 9.84. The van der Waals surface area contributed by atoms with Gasteiger partial charge in [-0.05, 0) is 56.7 Å². The van der Waals surface area contributed by atoms with Crippen molar-refractivity contribution in [1.29, 1.82) is 0 Å². The van der Waals surface area contributed by atoms with E-state index in [4.69, 9.17) is 25.4 Å². The van der Waals surface area contributed by atoms with Crippen LogP contribution in [0.5, 0.6) is 0 Å². The number of rotatable bonds is 15. The normalized spacial score (nSPS) is 20.1. The molecule has 2 aliphatic rings. The molecule has 13 heteroatoms. The lowest BCUT2D eigenvalue weighted by molar-refractivity contribution is -0.126. The zero-order chi connectivity index (χ0) is 29.8. The molecule has 1 heterocycles. The maximum absolute atomic E-state index is 13.7. The number of halogens is 1. The summed E-state index contributed by atoms with van der Waals surface area (Å²) in [7, 11) is -4.05. The Balaban J connectivity index is 1.77. The third-order valence-electron chi connectivity index (χ3n) is 7.49. The Labute approximate surface area is 246 Å². The van der Waals surface area contributed by atoms with Crippen molar-refractivity contribution in [3.8, 4) is 0 Å². The molecule has 0 radical (unpaired) electrons. The number of aliphatic hydroxyl groups is 1. The average Bonchev–Trinajstić information content (AvgIpc) is 3.35. The van der Waals surface area contributed by atoms with Gasteiger partial charge in [-0.1, -0.05) is 55.8 Å². The van der Waals surface area contributed by atoms with Crippen LogP contribution in [0.2, 0.25) is 5.02 Å². The number of carbonyl (C=O) groups is 3. The first kappa shape index (κ1) is 33.3. The van der Waals surface area contributed by atoms with Crippen molar-refractivity contribution in [1.82, 2.24) is 16.0 Å². The number of carbonyl (C=O) groups excluding carboxylic acids is 3. The van der Waals surface area contributed by atoms with Crippen molar-refractivity contribution in [3.05, 3.63) is 34.9 Å². The Kier molecular flexibility index (Phi) is 13.4. The minimum absolute atomic E-state index is 0.0171. The standard InChI is InChI=1S/C28H43ClN3O8P/c1-3-39-41(37,40-4-2)27(35)24(17-21-13-14-30-25(21)33)31-26(34)23(16-19-9-6-5-7-10-19)32-28(36)38-18-20-11-8-12-22(29)15-20/h8,11-12,15,19,21,23-24,27,35H,3-7,9-10,13-14,16-18H2,1-2H3,(H,30,33)(H,31,34)(H,32,36)/t21-,23-,24-,27?/m0/s1. The number of benzene rings is 1. The molecule has 3 rings (SSSR count). The van der Waals surface area contributed by atoms with Gasteiger partial charge >= 0.3 is 13.7 Å². The van der Waals surface area contributed by atoms with Gasteiger partial charge in [-0.2, -0.15) is 0 Å². The van der Waals surface area contributed by atoms with Crippen molar-refractivity contribution in [3.63, 3.8) is 0 Å². The molecule has 1 saturated carbocycles. The van der Waals surface area contributed by atoms with E-state index in [1.807, 2.05) is 0 Å². The van der Waals surface area contributed by atoms with Gasteiger partial charge in [0.25, 0.3) is 0 Å². The molecule has 4 atom stereocenters. The fourth-order valence-electron chi connectivity index (χ4n) is 5.43. The highest BCUT2D eigenvalue weighted by atomic mass is 35.5. The van der Waals surface area contributed by atoms with Gasteiger partial charge < -0.3 is 34.8 Å². The average molecular weight is 616 g/mol. The van der Waals surface area contributed by atoms with E-state index < -0.39 is 43.4 Å². The van der Waals surface area contributed by atoms with Crippen LogP contribution in [0, 0.1) is 11.8 Å². The highest BCUT2D eigenvalue weighted by molar-refractivity contribution is 7.54. The van der Waals surface area contributed by atoms with Crippen molar-refractivity contribution < 1.29 is 37.8 Å². The number of aliphatic hydroxyl groups excluding tert-OH is 1. The predicted octanol–water partition coefficient (Wildman–Crippen LogP) is 4.50. The first-order valence-electron chi connectivity index (χ1n) is 14.5. The third-order valence-corrected chi connectivity index (χ3v) is 9.97. The van der Waals surface area contributed by atoms with Gasteiger partial charge in [-0.25, -0.2) is 4.79 Å². The van der Waals surface area contributed by atoms with Crippen molar-refractivity contribution >= 4 is 37.1 Å². The molecule has 1 aromatic rings. The van der Waals surface area contributed by atoms with E-state index >= 15 is 0 Å². The summed E-state index contributed by atoms with van der Waals surface area (Å²) in [6.07, 6.45) is 5.21. The topological polar surface area (TPSA) is 152 Å². The molecule has 1 aliphatic carbocycles. The first-order chi connectivity index (χ1) is 19.6. The van der Waals surface area contributed by atoms with E-state index in [1.54, 1.807) is 38.1 Å². The summed E-state index contributed by atoms with van der Waals surface area (Å²) < 4.78 is 29.5. The zero-order valence-corrected chi connectivity index (χ0v) is 25.5. The molecule has 230 valence electrons. The van der Waals surface area contributed by atoms with Crippen molar-refractivity contribution in [2.75, 3.05) is 19.8 Å². The second kappa shape index (κ2) is 16.5. The Bertz CT molecular complexity index is 1060. The Hall–Kier alpha value is -2.17. The van der Waals surface area contributed by atoms with E-state index in [1.165, 1.54) is 0 Å². The maximum Gasteiger partial charge on any atom is 0.408 e. The summed E-state index contributed by atoms with van der Waals surface area (Å²) in [5.74, 6) is -2.78. The second-order valence-electron chi connectivity index (χ2n) is 10.6. The molecule has 4 N–H and O–H groups in total. The Morgan fingerprint density at radius 3 is 2.41 bits per heavy atom. The molecule has 41 heavy (non-hydrogen) atoms. The van der Waals surface area contributed by atoms with Gasteiger partial charge in [0.1, 0.15) is 12.6 Å². The molecule has 0 bridgehead atoms. The van der Waals surface area contributed by atoms with Crippen LogP contribution in [-0.2, 0) is 34.5 Å². The van der Waals surface area contributed by atoms with E-state index in [-0.39, 0.29) is 38.1 Å².